The Hall–Kier alpha value is -2.07. The van der Waals surface area contributed by atoms with E-state index in [0.29, 0.717) is 17.7 Å². The first kappa shape index (κ1) is 20.7. The fourth-order valence-corrected chi connectivity index (χ4v) is 4.80. The SMILES string of the molecule is C/C=C/C=C/C(=O)O.CC1C2Cc3ccc(O)cc3C1(C)CCN2CC1CC1. The monoisotopic (exact) mass is 383 g/mol. The minimum absolute atomic E-state index is 0.247. The average Bonchev–Trinajstić information content (AvgIpc) is 3.46. The van der Waals surface area contributed by atoms with Crippen LogP contribution in [0.5, 0.6) is 5.75 Å². The number of carboxylic acid groups (broad SMARTS) is 1. The lowest BCUT2D eigenvalue weighted by atomic mass is 9.59. The summed E-state index contributed by atoms with van der Waals surface area (Å²) in [6.07, 6.45) is 11.3. The molecule has 0 amide bonds. The van der Waals surface area contributed by atoms with Gasteiger partial charge < -0.3 is 10.2 Å². The Kier molecular flexibility index (Phi) is 6.29. The fraction of sp³-hybridized carbons (Fsp3) is 0.542. The molecule has 2 N–H and O–H groups in total. The number of rotatable bonds is 4. The van der Waals surface area contributed by atoms with Crippen molar-refractivity contribution >= 4 is 5.97 Å². The molecule has 2 fully saturated rings. The standard InChI is InChI=1S/C18H25NO.C6H8O2/c1-12-17-9-14-5-6-15(20)10-16(14)18(12,2)7-8-19(17)11-13-3-4-13;1-2-3-4-5-6(7)8/h5-6,10,12-13,17,20H,3-4,7-9,11H2,1-2H3;2-5H,1H3,(H,7,8)/b;3-2+,5-4+. The molecule has 0 spiro atoms. The minimum atomic E-state index is -0.914. The molecule has 1 saturated heterocycles. The van der Waals surface area contributed by atoms with Gasteiger partial charge in [-0.1, -0.05) is 38.1 Å². The second kappa shape index (κ2) is 8.52. The van der Waals surface area contributed by atoms with E-state index in [1.807, 2.05) is 19.1 Å². The highest BCUT2D eigenvalue weighted by Gasteiger charge is 2.48. The number of likely N-dealkylation sites (tertiary alicyclic amines) is 1. The highest BCUT2D eigenvalue weighted by Crippen LogP contribution is 2.49. The van der Waals surface area contributed by atoms with Crippen molar-refractivity contribution in [1.82, 2.24) is 4.90 Å². The van der Waals surface area contributed by atoms with E-state index < -0.39 is 5.97 Å². The first-order chi connectivity index (χ1) is 13.3. The van der Waals surface area contributed by atoms with E-state index in [9.17, 15) is 9.90 Å². The lowest BCUT2D eigenvalue weighted by Gasteiger charge is -2.54. The zero-order valence-corrected chi connectivity index (χ0v) is 17.3. The Morgan fingerprint density at radius 2 is 2.07 bits per heavy atom. The maximum absolute atomic E-state index is 9.85. The number of carbonyl (C=O) groups is 1. The molecule has 152 valence electrons. The average molecular weight is 384 g/mol. The molecule has 1 aromatic carbocycles. The summed E-state index contributed by atoms with van der Waals surface area (Å²) in [6.45, 7) is 9.22. The molecular weight excluding hydrogens is 350 g/mol. The normalized spacial score (nSPS) is 29.4. The van der Waals surface area contributed by atoms with Crippen molar-refractivity contribution in [3.8, 4) is 5.75 Å². The Morgan fingerprint density at radius 3 is 2.71 bits per heavy atom. The highest BCUT2D eigenvalue weighted by molar-refractivity contribution is 5.80. The van der Waals surface area contributed by atoms with E-state index in [0.717, 1.165) is 12.0 Å². The summed E-state index contributed by atoms with van der Waals surface area (Å²) >= 11 is 0. The van der Waals surface area contributed by atoms with Crippen LogP contribution in [-0.2, 0) is 16.6 Å². The summed E-state index contributed by atoms with van der Waals surface area (Å²) < 4.78 is 0. The molecular formula is C24H33NO3. The number of nitrogens with zero attached hydrogens (tertiary/aromatic N) is 1. The van der Waals surface area contributed by atoms with Crippen LogP contribution in [0.25, 0.3) is 0 Å². The molecule has 4 rings (SSSR count). The van der Waals surface area contributed by atoms with Gasteiger partial charge in [-0.3, -0.25) is 4.90 Å². The number of aliphatic carboxylic acids is 1. The molecule has 4 heteroatoms. The van der Waals surface area contributed by atoms with Crippen LogP contribution in [0.4, 0.5) is 0 Å². The summed E-state index contributed by atoms with van der Waals surface area (Å²) in [5.41, 5.74) is 3.12. The molecule has 0 radical (unpaired) electrons. The van der Waals surface area contributed by atoms with E-state index in [1.165, 1.54) is 56.0 Å². The number of allylic oxidation sites excluding steroid dienone is 3. The number of carboxylic acids is 1. The Morgan fingerprint density at radius 1 is 1.32 bits per heavy atom. The number of hydrogen-bond acceptors (Lipinski definition) is 3. The summed E-state index contributed by atoms with van der Waals surface area (Å²) in [6, 6.07) is 6.74. The first-order valence-corrected chi connectivity index (χ1v) is 10.4. The van der Waals surface area contributed by atoms with Gasteiger partial charge in [0.15, 0.2) is 0 Å². The molecule has 3 aliphatic rings. The van der Waals surface area contributed by atoms with Crippen molar-refractivity contribution in [2.45, 2.75) is 57.9 Å². The summed E-state index contributed by atoms with van der Waals surface area (Å²) in [5, 5.41) is 17.9. The van der Waals surface area contributed by atoms with Gasteiger partial charge in [-0.05, 0) is 79.7 Å². The second-order valence-corrected chi connectivity index (χ2v) is 8.73. The van der Waals surface area contributed by atoms with Crippen molar-refractivity contribution in [2.75, 3.05) is 13.1 Å². The van der Waals surface area contributed by atoms with Gasteiger partial charge in [-0.2, -0.15) is 0 Å². The summed E-state index contributed by atoms with van der Waals surface area (Å²) in [7, 11) is 0. The molecule has 0 aromatic heterocycles. The molecule has 1 aromatic rings. The van der Waals surface area contributed by atoms with Gasteiger partial charge in [0.1, 0.15) is 5.75 Å². The van der Waals surface area contributed by atoms with Crippen LogP contribution in [0.2, 0.25) is 0 Å². The lowest BCUT2D eigenvalue weighted by molar-refractivity contribution is -0.131. The molecule has 2 bridgehead atoms. The van der Waals surface area contributed by atoms with E-state index in [1.54, 1.807) is 12.2 Å². The zero-order chi connectivity index (χ0) is 20.3. The van der Waals surface area contributed by atoms with E-state index >= 15 is 0 Å². The van der Waals surface area contributed by atoms with Crippen LogP contribution in [0.3, 0.4) is 0 Å². The second-order valence-electron chi connectivity index (χ2n) is 8.73. The van der Waals surface area contributed by atoms with Crippen LogP contribution >= 0.6 is 0 Å². The third-order valence-electron chi connectivity index (χ3n) is 6.84. The Bertz CT molecular complexity index is 765. The van der Waals surface area contributed by atoms with Gasteiger partial charge in [0, 0.05) is 18.7 Å². The van der Waals surface area contributed by atoms with Gasteiger partial charge in [-0.25, -0.2) is 4.79 Å². The fourth-order valence-electron chi connectivity index (χ4n) is 4.80. The third-order valence-corrected chi connectivity index (χ3v) is 6.84. The van der Waals surface area contributed by atoms with Crippen molar-refractivity contribution < 1.29 is 15.0 Å². The largest absolute Gasteiger partial charge is 0.508 e. The topological polar surface area (TPSA) is 60.8 Å². The molecule has 1 saturated carbocycles. The quantitative estimate of drug-likeness (QED) is 0.592. The maximum atomic E-state index is 9.85. The molecule has 3 atom stereocenters. The van der Waals surface area contributed by atoms with Crippen LogP contribution in [0, 0.1) is 11.8 Å². The van der Waals surface area contributed by atoms with Gasteiger partial charge in [0.2, 0.25) is 0 Å². The first-order valence-electron chi connectivity index (χ1n) is 10.4. The van der Waals surface area contributed by atoms with E-state index in [-0.39, 0.29) is 5.41 Å². The van der Waals surface area contributed by atoms with Crippen molar-refractivity contribution in [3.63, 3.8) is 0 Å². The molecule has 1 heterocycles. The molecule has 2 aliphatic carbocycles. The summed E-state index contributed by atoms with van der Waals surface area (Å²) in [5.74, 6) is 1.18. The van der Waals surface area contributed by atoms with Crippen LogP contribution in [-0.4, -0.2) is 40.2 Å². The van der Waals surface area contributed by atoms with Crippen LogP contribution < -0.4 is 0 Å². The number of benzene rings is 1. The number of fused-ring (bicyclic) bond motifs is 4. The van der Waals surface area contributed by atoms with Gasteiger partial charge >= 0.3 is 5.97 Å². The smallest absolute Gasteiger partial charge is 0.328 e. The van der Waals surface area contributed by atoms with Gasteiger partial charge in [0.25, 0.3) is 0 Å². The van der Waals surface area contributed by atoms with Crippen LogP contribution in [0.1, 0.15) is 51.2 Å². The van der Waals surface area contributed by atoms with Crippen molar-refractivity contribution in [1.29, 1.82) is 0 Å². The van der Waals surface area contributed by atoms with Crippen molar-refractivity contribution in [2.24, 2.45) is 11.8 Å². The highest BCUT2D eigenvalue weighted by atomic mass is 16.4. The van der Waals surface area contributed by atoms with Gasteiger partial charge in [0.05, 0.1) is 0 Å². The zero-order valence-electron chi connectivity index (χ0n) is 17.3. The number of phenols is 1. The number of phenolic OH excluding ortho intramolecular Hbond substituents is 1. The Balaban J connectivity index is 0.000000242. The van der Waals surface area contributed by atoms with E-state index in [4.69, 9.17) is 5.11 Å². The summed E-state index contributed by atoms with van der Waals surface area (Å²) in [4.78, 5) is 12.5. The van der Waals surface area contributed by atoms with E-state index in [2.05, 4.69) is 24.8 Å². The molecule has 1 aliphatic heterocycles. The van der Waals surface area contributed by atoms with Gasteiger partial charge in [-0.15, -0.1) is 0 Å². The molecule has 3 unspecified atom stereocenters. The maximum Gasteiger partial charge on any atom is 0.328 e. The molecule has 4 nitrogen and oxygen atoms in total. The molecule has 28 heavy (non-hydrogen) atoms. The number of hydrogen-bond donors (Lipinski definition) is 2. The lowest BCUT2D eigenvalue weighted by Crippen LogP contribution is -2.58. The number of aromatic hydroxyl groups is 1. The minimum Gasteiger partial charge on any atom is -0.508 e. The third kappa shape index (κ3) is 4.49. The number of piperidine rings is 1. The Labute approximate surface area is 168 Å². The predicted molar refractivity (Wildman–Crippen MR) is 113 cm³/mol. The van der Waals surface area contributed by atoms with Crippen molar-refractivity contribution in [3.05, 3.63) is 53.6 Å². The van der Waals surface area contributed by atoms with Crippen LogP contribution in [0.15, 0.2) is 42.5 Å². The predicted octanol–water partition coefficient (Wildman–Crippen LogP) is 4.53.